The number of halogens is 3. The predicted octanol–water partition coefficient (Wildman–Crippen LogP) is 3.09. The SMILES string of the molecule is O=[N+]([O-])c1cc(CBr)ccc1OC(F)F. The van der Waals surface area contributed by atoms with Gasteiger partial charge in [0.15, 0.2) is 0 Å². The minimum absolute atomic E-state index is 0.406. The van der Waals surface area contributed by atoms with E-state index >= 15 is 0 Å². The first-order valence-electron chi connectivity index (χ1n) is 3.82. The van der Waals surface area contributed by atoms with Crippen molar-refractivity contribution in [2.24, 2.45) is 0 Å². The van der Waals surface area contributed by atoms with Crippen LogP contribution in [0.4, 0.5) is 14.5 Å². The summed E-state index contributed by atoms with van der Waals surface area (Å²) in [6.45, 7) is -3.07. The highest BCUT2D eigenvalue weighted by molar-refractivity contribution is 9.08. The molecule has 4 nitrogen and oxygen atoms in total. The molecule has 0 bridgehead atoms. The summed E-state index contributed by atoms with van der Waals surface area (Å²) in [5.41, 5.74) is 0.149. The number of ether oxygens (including phenoxy) is 1. The smallest absolute Gasteiger partial charge is 0.387 e. The molecule has 0 aliphatic heterocycles. The normalized spacial score (nSPS) is 10.4. The first-order chi connectivity index (χ1) is 7.04. The van der Waals surface area contributed by atoms with Crippen LogP contribution < -0.4 is 4.74 Å². The fourth-order valence-corrected chi connectivity index (χ4v) is 1.33. The zero-order chi connectivity index (χ0) is 11.4. The summed E-state index contributed by atoms with van der Waals surface area (Å²) >= 11 is 3.10. The summed E-state index contributed by atoms with van der Waals surface area (Å²) < 4.78 is 27.8. The van der Waals surface area contributed by atoms with Gasteiger partial charge in [-0.15, -0.1) is 0 Å². The van der Waals surface area contributed by atoms with Crippen molar-refractivity contribution in [1.82, 2.24) is 0 Å². The van der Waals surface area contributed by atoms with Gasteiger partial charge in [-0.2, -0.15) is 8.78 Å². The summed E-state index contributed by atoms with van der Waals surface area (Å²) in [6.07, 6.45) is 0. The number of rotatable bonds is 4. The quantitative estimate of drug-likeness (QED) is 0.484. The lowest BCUT2D eigenvalue weighted by molar-refractivity contribution is -0.386. The van der Waals surface area contributed by atoms with Gasteiger partial charge in [0, 0.05) is 11.4 Å². The van der Waals surface area contributed by atoms with Crippen LogP contribution in [0.15, 0.2) is 18.2 Å². The summed E-state index contributed by atoms with van der Waals surface area (Å²) in [4.78, 5) is 9.78. The van der Waals surface area contributed by atoms with E-state index in [1.807, 2.05) is 0 Å². The van der Waals surface area contributed by atoms with Gasteiger partial charge < -0.3 is 4.74 Å². The molecule has 15 heavy (non-hydrogen) atoms. The van der Waals surface area contributed by atoms with Crippen LogP contribution in [0.2, 0.25) is 0 Å². The topological polar surface area (TPSA) is 52.4 Å². The Bertz CT molecular complexity index is 373. The third-order valence-corrected chi connectivity index (χ3v) is 2.24. The van der Waals surface area contributed by atoms with E-state index in [1.54, 1.807) is 0 Å². The van der Waals surface area contributed by atoms with Crippen molar-refractivity contribution < 1.29 is 18.4 Å². The number of hydrogen-bond donors (Lipinski definition) is 0. The van der Waals surface area contributed by atoms with Gasteiger partial charge >= 0.3 is 12.3 Å². The Morgan fingerprint density at radius 1 is 1.53 bits per heavy atom. The molecule has 0 radical (unpaired) electrons. The van der Waals surface area contributed by atoms with Crippen molar-refractivity contribution in [3.63, 3.8) is 0 Å². The first kappa shape index (κ1) is 11.8. The average molecular weight is 282 g/mol. The second-order valence-corrected chi connectivity index (χ2v) is 3.13. The van der Waals surface area contributed by atoms with Crippen molar-refractivity contribution in [1.29, 1.82) is 0 Å². The molecule has 0 aromatic heterocycles. The largest absolute Gasteiger partial charge is 0.427 e. The fraction of sp³-hybridized carbons (Fsp3) is 0.250. The lowest BCUT2D eigenvalue weighted by Gasteiger charge is -2.05. The minimum Gasteiger partial charge on any atom is -0.427 e. The summed E-state index contributed by atoms with van der Waals surface area (Å²) in [5.74, 6) is -0.431. The molecule has 0 saturated heterocycles. The maximum atomic E-state index is 11.9. The first-order valence-corrected chi connectivity index (χ1v) is 4.95. The predicted molar refractivity (Wildman–Crippen MR) is 52.4 cm³/mol. The Balaban J connectivity index is 3.09. The van der Waals surface area contributed by atoms with Gasteiger partial charge in [0.2, 0.25) is 5.75 Å². The highest BCUT2D eigenvalue weighted by Gasteiger charge is 2.18. The van der Waals surface area contributed by atoms with E-state index in [0.29, 0.717) is 10.9 Å². The third-order valence-electron chi connectivity index (χ3n) is 1.59. The molecule has 0 spiro atoms. The van der Waals surface area contributed by atoms with Gasteiger partial charge in [0.05, 0.1) is 4.92 Å². The Morgan fingerprint density at radius 3 is 2.67 bits per heavy atom. The van der Waals surface area contributed by atoms with Crippen LogP contribution in [0.3, 0.4) is 0 Å². The molecule has 0 aliphatic rings. The molecule has 0 aliphatic carbocycles. The maximum absolute atomic E-state index is 11.9. The van der Waals surface area contributed by atoms with Crippen molar-refractivity contribution in [3.05, 3.63) is 33.9 Å². The van der Waals surface area contributed by atoms with Crippen LogP contribution >= 0.6 is 15.9 Å². The highest BCUT2D eigenvalue weighted by atomic mass is 79.9. The van der Waals surface area contributed by atoms with Crippen LogP contribution in [0.1, 0.15) is 5.56 Å². The van der Waals surface area contributed by atoms with Crippen LogP contribution in [0, 0.1) is 10.1 Å². The van der Waals surface area contributed by atoms with Gasteiger partial charge in [-0.1, -0.05) is 22.0 Å². The monoisotopic (exact) mass is 281 g/mol. The van der Waals surface area contributed by atoms with E-state index in [2.05, 4.69) is 20.7 Å². The molecular formula is C8H6BrF2NO3. The van der Waals surface area contributed by atoms with Crippen LogP contribution in [-0.4, -0.2) is 11.5 Å². The molecule has 0 N–H and O–H groups in total. The standard InChI is InChI=1S/C8H6BrF2NO3/c9-4-5-1-2-7(15-8(10)11)6(3-5)12(13)14/h1-3,8H,4H2. The molecule has 0 unspecified atom stereocenters. The van der Waals surface area contributed by atoms with Gasteiger partial charge in [0.25, 0.3) is 0 Å². The van der Waals surface area contributed by atoms with Crippen LogP contribution in [0.25, 0.3) is 0 Å². The average Bonchev–Trinajstić information content (AvgIpc) is 2.17. The van der Waals surface area contributed by atoms with E-state index < -0.39 is 23.0 Å². The molecule has 0 atom stereocenters. The minimum atomic E-state index is -3.07. The zero-order valence-corrected chi connectivity index (χ0v) is 8.91. The number of hydrogen-bond acceptors (Lipinski definition) is 3. The van der Waals surface area contributed by atoms with E-state index in [-0.39, 0.29) is 0 Å². The molecule has 0 heterocycles. The number of nitro benzene ring substituents is 1. The van der Waals surface area contributed by atoms with E-state index in [9.17, 15) is 18.9 Å². The van der Waals surface area contributed by atoms with Gasteiger partial charge in [0.1, 0.15) is 0 Å². The second kappa shape index (κ2) is 5.01. The Morgan fingerprint density at radius 2 is 2.20 bits per heavy atom. The fourth-order valence-electron chi connectivity index (χ4n) is 0.984. The number of alkyl halides is 3. The van der Waals surface area contributed by atoms with E-state index in [0.717, 1.165) is 6.07 Å². The van der Waals surface area contributed by atoms with Crippen molar-refractivity contribution >= 4 is 21.6 Å². The highest BCUT2D eigenvalue weighted by Crippen LogP contribution is 2.29. The van der Waals surface area contributed by atoms with Gasteiger partial charge in [-0.05, 0) is 11.6 Å². The summed E-state index contributed by atoms with van der Waals surface area (Å²) in [7, 11) is 0. The molecule has 1 aromatic carbocycles. The molecule has 0 saturated carbocycles. The number of nitrogens with zero attached hydrogens (tertiary/aromatic N) is 1. The van der Waals surface area contributed by atoms with Gasteiger partial charge in [-0.25, -0.2) is 0 Å². The second-order valence-electron chi connectivity index (χ2n) is 2.57. The Kier molecular flexibility index (Phi) is 3.96. The van der Waals surface area contributed by atoms with Crippen molar-refractivity contribution in [2.75, 3.05) is 0 Å². The van der Waals surface area contributed by atoms with Crippen molar-refractivity contribution in [2.45, 2.75) is 11.9 Å². The van der Waals surface area contributed by atoms with Crippen LogP contribution in [-0.2, 0) is 5.33 Å². The number of nitro groups is 1. The maximum Gasteiger partial charge on any atom is 0.387 e. The molecular weight excluding hydrogens is 276 g/mol. The zero-order valence-electron chi connectivity index (χ0n) is 7.32. The van der Waals surface area contributed by atoms with Crippen LogP contribution in [0.5, 0.6) is 5.75 Å². The molecule has 1 rings (SSSR count). The molecule has 0 fully saturated rings. The van der Waals surface area contributed by atoms with Crippen molar-refractivity contribution in [3.8, 4) is 5.75 Å². The Labute approximate surface area is 92.1 Å². The molecule has 0 amide bonds. The molecule has 7 heteroatoms. The third kappa shape index (κ3) is 3.12. The summed E-state index contributed by atoms with van der Waals surface area (Å²) in [6, 6.07) is 3.81. The molecule has 1 aromatic rings. The number of benzene rings is 1. The Hall–Kier alpha value is -1.24. The van der Waals surface area contributed by atoms with E-state index in [1.165, 1.54) is 12.1 Å². The summed E-state index contributed by atoms with van der Waals surface area (Å²) in [5, 5.41) is 10.9. The van der Waals surface area contributed by atoms with E-state index in [4.69, 9.17) is 0 Å². The lowest BCUT2D eigenvalue weighted by Crippen LogP contribution is -2.04. The lowest BCUT2D eigenvalue weighted by atomic mass is 10.2. The molecule has 82 valence electrons. The van der Waals surface area contributed by atoms with Gasteiger partial charge in [-0.3, -0.25) is 10.1 Å².